The summed E-state index contributed by atoms with van der Waals surface area (Å²) in [6.45, 7) is 7.17. The third-order valence-electron chi connectivity index (χ3n) is 6.03. The number of nitrogens with zero attached hydrogens (tertiary/aromatic N) is 3. The van der Waals surface area contributed by atoms with E-state index < -0.39 is 23.6 Å². The van der Waals surface area contributed by atoms with Crippen molar-refractivity contribution in [3.05, 3.63) is 35.4 Å². The van der Waals surface area contributed by atoms with Crippen molar-refractivity contribution in [3.63, 3.8) is 0 Å². The fourth-order valence-corrected chi connectivity index (χ4v) is 4.28. The number of likely N-dealkylation sites (tertiary alicyclic amines) is 1. The number of carbonyl (C=O) groups excluding carboxylic acids is 2. The molecule has 166 valence electrons. The van der Waals surface area contributed by atoms with Crippen LogP contribution in [0.5, 0.6) is 0 Å². The van der Waals surface area contributed by atoms with E-state index in [-0.39, 0.29) is 30.8 Å². The second kappa shape index (κ2) is 8.96. The van der Waals surface area contributed by atoms with Gasteiger partial charge in [-0.05, 0) is 24.6 Å². The summed E-state index contributed by atoms with van der Waals surface area (Å²) in [5, 5.41) is 0. The van der Waals surface area contributed by atoms with Crippen LogP contribution in [0, 0.1) is 11.8 Å². The number of benzene rings is 1. The number of rotatable bonds is 4. The van der Waals surface area contributed by atoms with Crippen molar-refractivity contribution in [2.24, 2.45) is 11.8 Å². The molecule has 3 rings (SSSR count). The fourth-order valence-electron chi connectivity index (χ4n) is 4.28. The molecule has 2 atom stereocenters. The second-order valence-corrected chi connectivity index (χ2v) is 8.86. The third-order valence-corrected chi connectivity index (χ3v) is 6.03. The lowest BCUT2D eigenvalue weighted by atomic mass is 9.87. The maximum Gasteiger partial charge on any atom is 0.416 e. The molecule has 2 aliphatic rings. The zero-order valence-electron chi connectivity index (χ0n) is 17.8. The Labute approximate surface area is 175 Å². The van der Waals surface area contributed by atoms with Crippen molar-refractivity contribution >= 4 is 11.8 Å². The number of amides is 2. The number of piperazine rings is 1. The van der Waals surface area contributed by atoms with Gasteiger partial charge in [0, 0.05) is 51.6 Å². The van der Waals surface area contributed by atoms with Crippen LogP contribution in [0.15, 0.2) is 24.3 Å². The summed E-state index contributed by atoms with van der Waals surface area (Å²) in [7, 11) is 2.00. The summed E-state index contributed by atoms with van der Waals surface area (Å²) >= 11 is 0. The molecule has 30 heavy (non-hydrogen) atoms. The Hall–Kier alpha value is -2.09. The van der Waals surface area contributed by atoms with Gasteiger partial charge in [0.05, 0.1) is 11.5 Å². The number of alkyl halides is 3. The molecule has 2 aliphatic heterocycles. The number of hydrogen-bond acceptors (Lipinski definition) is 3. The van der Waals surface area contributed by atoms with Crippen LogP contribution in [-0.4, -0.2) is 72.8 Å². The van der Waals surface area contributed by atoms with Crippen molar-refractivity contribution in [1.82, 2.24) is 14.7 Å². The standard InChI is InChI=1S/C22H30F3N3O2/c1-15(2)11-20(29)28-13-18(16-5-4-6-17(12-16)22(23,24)25)19(14-28)21(30)27-9-7-26(3)8-10-27/h4-6,12,15,18-19H,7-11,13-14H2,1-3H3/t18-,19+/m0/s1. The quantitative estimate of drug-likeness (QED) is 0.745. The van der Waals surface area contributed by atoms with Gasteiger partial charge in [-0.3, -0.25) is 9.59 Å². The molecule has 5 nitrogen and oxygen atoms in total. The van der Waals surface area contributed by atoms with Crippen LogP contribution in [0.4, 0.5) is 13.2 Å². The predicted octanol–water partition coefficient (Wildman–Crippen LogP) is 3.07. The zero-order valence-corrected chi connectivity index (χ0v) is 17.8. The first-order valence-electron chi connectivity index (χ1n) is 10.5. The van der Waals surface area contributed by atoms with Crippen molar-refractivity contribution in [2.45, 2.75) is 32.4 Å². The largest absolute Gasteiger partial charge is 0.416 e. The molecule has 0 bridgehead atoms. The lowest BCUT2D eigenvalue weighted by molar-refractivity contribution is -0.138. The van der Waals surface area contributed by atoms with Crippen LogP contribution in [0.2, 0.25) is 0 Å². The predicted molar refractivity (Wildman–Crippen MR) is 108 cm³/mol. The Balaban J connectivity index is 1.87. The number of halogens is 3. The monoisotopic (exact) mass is 425 g/mol. The summed E-state index contributed by atoms with van der Waals surface area (Å²) < 4.78 is 39.7. The van der Waals surface area contributed by atoms with E-state index in [4.69, 9.17) is 0 Å². The Morgan fingerprint density at radius 2 is 1.73 bits per heavy atom. The van der Waals surface area contributed by atoms with Crippen molar-refractivity contribution < 1.29 is 22.8 Å². The van der Waals surface area contributed by atoms with Gasteiger partial charge in [-0.1, -0.05) is 32.0 Å². The van der Waals surface area contributed by atoms with Gasteiger partial charge in [-0.25, -0.2) is 0 Å². The Morgan fingerprint density at radius 1 is 1.07 bits per heavy atom. The molecule has 2 heterocycles. The van der Waals surface area contributed by atoms with Crippen molar-refractivity contribution in [2.75, 3.05) is 46.3 Å². The molecule has 0 radical (unpaired) electrons. The van der Waals surface area contributed by atoms with Crippen LogP contribution in [0.25, 0.3) is 0 Å². The minimum absolute atomic E-state index is 0.0457. The van der Waals surface area contributed by atoms with Crippen molar-refractivity contribution in [3.8, 4) is 0 Å². The Kier molecular flexibility index (Phi) is 6.75. The molecule has 0 N–H and O–H groups in total. The van der Waals surface area contributed by atoms with E-state index >= 15 is 0 Å². The van der Waals surface area contributed by atoms with Crippen molar-refractivity contribution in [1.29, 1.82) is 0 Å². The minimum atomic E-state index is -4.45. The summed E-state index contributed by atoms with van der Waals surface area (Å²) in [6, 6.07) is 5.19. The van der Waals surface area contributed by atoms with E-state index in [1.165, 1.54) is 6.07 Å². The molecule has 8 heteroatoms. The topological polar surface area (TPSA) is 43.9 Å². The first-order valence-corrected chi connectivity index (χ1v) is 10.5. The molecule has 2 saturated heterocycles. The van der Waals surface area contributed by atoms with E-state index in [1.54, 1.807) is 15.9 Å². The van der Waals surface area contributed by atoms with Gasteiger partial charge in [0.25, 0.3) is 0 Å². The number of carbonyl (C=O) groups is 2. The maximum atomic E-state index is 13.3. The Morgan fingerprint density at radius 3 is 2.33 bits per heavy atom. The lowest BCUT2D eigenvalue weighted by Crippen LogP contribution is -2.50. The molecule has 1 aromatic rings. The maximum absolute atomic E-state index is 13.3. The van der Waals surface area contributed by atoms with E-state index in [2.05, 4.69) is 4.90 Å². The SMILES string of the molecule is CC(C)CC(=O)N1C[C@@H](C(=O)N2CCN(C)CC2)[C@H](c2cccc(C(F)(F)F)c2)C1. The first kappa shape index (κ1) is 22.6. The Bertz CT molecular complexity index is 773. The number of likely N-dealkylation sites (N-methyl/N-ethyl adjacent to an activating group) is 1. The van der Waals surface area contributed by atoms with Gasteiger partial charge in [0.15, 0.2) is 0 Å². The summed E-state index contributed by atoms with van der Waals surface area (Å²) in [6.07, 6.45) is -4.08. The van der Waals surface area contributed by atoms with Crippen LogP contribution >= 0.6 is 0 Å². The van der Waals surface area contributed by atoms with E-state index in [1.807, 2.05) is 20.9 Å². The van der Waals surface area contributed by atoms with Crippen LogP contribution in [-0.2, 0) is 15.8 Å². The average molecular weight is 425 g/mol. The summed E-state index contributed by atoms with van der Waals surface area (Å²) in [4.78, 5) is 31.6. The molecular formula is C22H30F3N3O2. The van der Waals surface area contributed by atoms with Gasteiger partial charge in [-0.2, -0.15) is 13.2 Å². The molecular weight excluding hydrogens is 395 g/mol. The number of hydrogen-bond donors (Lipinski definition) is 0. The highest BCUT2D eigenvalue weighted by Gasteiger charge is 2.43. The first-order chi connectivity index (χ1) is 14.1. The molecule has 1 aromatic carbocycles. The molecule has 2 fully saturated rings. The average Bonchev–Trinajstić information content (AvgIpc) is 3.12. The third kappa shape index (κ3) is 5.14. The van der Waals surface area contributed by atoms with Crippen LogP contribution in [0.1, 0.15) is 37.3 Å². The smallest absolute Gasteiger partial charge is 0.341 e. The van der Waals surface area contributed by atoms with Crippen LogP contribution < -0.4 is 0 Å². The van der Waals surface area contributed by atoms with Gasteiger partial charge >= 0.3 is 6.18 Å². The van der Waals surface area contributed by atoms with E-state index in [0.717, 1.165) is 25.2 Å². The van der Waals surface area contributed by atoms with Gasteiger partial charge in [0.2, 0.25) is 11.8 Å². The molecule has 0 unspecified atom stereocenters. The van der Waals surface area contributed by atoms with Gasteiger partial charge in [0.1, 0.15) is 0 Å². The zero-order chi connectivity index (χ0) is 22.1. The molecule has 2 amide bonds. The van der Waals surface area contributed by atoms with Gasteiger partial charge in [-0.15, -0.1) is 0 Å². The fraction of sp³-hybridized carbons (Fsp3) is 0.636. The molecule has 0 spiro atoms. The molecule has 0 saturated carbocycles. The summed E-state index contributed by atoms with van der Waals surface area (Å²) in [5.74, 6) is -0.888. The second-order valence-electron chi connectivity index (χ2n) is 8.86. The molecule has 0 aromatic heterocycles. The highest BCUT2D eigenvalue weighted by Crippen LogP contribution is 2.37. The lowest BCUT2D eigenvalue weighted by Gasteiger charge is -2.35. The summed E-state index contributed by atoms with van der Waals surface area (Å²) in [5.41, 5.74) is -0.255. The van der Waals surface area contributed by atoms with E-state index in [0.29, 0.717) is 25.1 Å². The minimum Gasteiger partial charge on any atom is -0.341 e. The highest BCUT2D eigenvalue weighted by molar-refractivity contribution is 5.83. The normalized spacial score (nSPS) is 23.3. The van der Waals surface area contributed by atoms with E-state index in [9.17, 15) is 22.8 Å². The van der Waals surface area contributed by atoms with Gasteiger partial charge < -0.3 is 14.7 Å². The van der Waals surface area contributed by atoms with Crippen LogP contribution in [0.3, 0.4) is 0 Å². The molecule has 0 aliphatic carbocycles. The highest BCUT2D eigenvalue weighted by atomic mass is 19.4.